The van der Waals surface area contributed by atoms with E-state index in [1.54, 1.807) is 24.2 Å². The molecule has 0 unspecified atom stereocenters. The first kappa shape index (κ1) is 74.1. The number of hydrogen-bond donors (Lipinski definition) is 0. The van der Waals surface area contributed by atoms with Crippen LogP contribution in [0.2, 0.25) is 24.2 Å². The SMILES string of the molecule is CCCC[Si](=[Zr+2])CCCC.CCCC[Si](=[Zr+2])CCCC.Cc1cc2c(C(C)C)ccc(C)c2[cH-]1.Cc1cc2c(C(C)C)ccc(C)c2[cH-]1.Cc1cc2c(C(C)C)ccc(C)c2[cH-]1.Cc1cc2c(C(C)C)ccc(C)c2[cH-]1.[Cl-].[Cl-]. The van der Waals surface area contributed by atoms with Crippen molar-refractivity contribution in [2.24, 2.45) is 0 Å². The quantitative estimate of drug-likeness (QED) is 0.0668. The average Bonchev–Trinajstić information content (AvgIpc) is 4.17. The van der Waals surface area contributed by atoms with Gasteiger partial charge >= 0.3 is 161 Å². The summed E-state index contributed by atoms with van der Waals surface area (Å²) in [5.74, 6) is 2.44. The first-order valence-electron chi connectivity index (χ1n) is 29.8. The summed E-state index contributed by atoms with van der Waals surface area (Å²) in [6.07, 6.45) is 11.5. The summed E-state index contributed by atoms with van der Waals surface area (Å²) in [5.41, 5.74) is 17.3. The van der Waals surface area contributed by atoms with Gasteiger partial charge in [-0.1, -0.05) is 157 Å². The van der Waals surface area contributed by atoms with Crippen LogP contribution in [0.4, 0.5) is 0 Å². The summed E-state index contributed by atoms with van der Waals surface area (Å²) in [7, 11) is 0. The van der Waals surface area contributed by atoms with Crippen molar-refractivity contribution in [1.82, 2.24) is 0 Å². The van der Waals surface area contributed by atoms with Crippen molar-refractivity contribution in [2.45, 2.75) is 238 Å². The zero-order valence-corrected chi connectivity index (χ0v) is 61.2. The van der Waals surface area contributed by atoms with Crippen LogP contribution in [0.5, 0.6) is 0 Å². The Morgan fingerprint density at radius 3 is 0.667 bits per heavy atom. The van der Waals surface area contributed by atoms with E-state index in [-0.39, 0.29) is 35.7 Å². The Labute approximate surface area is 521 Å². The Kier molecular flexibility index (Phi) is 36.2. The van der Waals surface area contributed by atoms with E-state index in [1.165, 1.54) is 161 Å². The van der Waals surface area contributed by atoms with E-state index in [0.29, 0.717) is 23.7 Å². The fourth-order valence-corrected chi connectivity index (χ4v) is 19.1. The van der Waals surface area contributed by atoms with Gasteiger partial charge in [-0.25, -0.2) is 0 Å². The molecule has 8 aromatic rings. The normalized spacial score (nSPS) is 10.8. The largest absolute Gasteiger partial charge is 1.00 e. The zero-order valence-electron chi connectivity index (χ0n) is 52.8. The van der Waals surface area contributed by atoms with E-state index >= 15 is 0 Å². The van der Waals surface area contributed by atoms with E-state index in [2.05, 4.69) is 236 Å². The minimum atomic E-state index is 0. The summed E-state index contributed by atoms with van der Waals surface area (Å²) >= 11 is 3.72. The molecule has 0 aliphatic heterocycles. The zero-order chi connectivity index (χ0) is 56.8. The van der Waals surface area contributed by atoms with Gasteiger partial charge in [-0.05, 0) is 23.7 Å². The Hall–Kier alpha value is -1.90. The third-order valence-corrected chi connectivity index (χ3v) is 26.2. The second kappa shape index (κ2) is 38.1. The van der Waals surface area contributed by atoms with E-state index in [0.717, 1.165) is 0 Å². The minimum Gasteiger partial charge on any atom is -1.00 e. The van der Waals surface area contributed by atoms with Crippen LogP contribution in [0, 0.1) is 55.4 Å². The van der Waals surface area contributed by atoms with Crippen LogP contribution in [0.3, 0.4) is 0 Å². The van der Waals surface area contributed by atoms with Crippen molar-refractivity contribution in [3.05, 3.63) is 164 Å². The molecule has 0 heterocycles. The van der Waals surface area contributed by atoms with Gasteiger partial charge in [0.25, 0.3) is 0 Å². The van der Waals surface area contributed by atoms with E-state index < -0.39 is 0 Å². The van der Waals surface area contributed by atoms with Crippen molar-refractivity contribution in [3.8, 4) is 0 Å². The molecule has 6 heteroatoms. The maximum Gasteiger partial charge on any atom is -0.0308 e. The second-order valence-corrected chi connectivity index (χ2v) is 38.4. The fraction of sp³-hybridized carbons (Fsp3) is 0.500. The maximum atomic E-state index is 2.30. The Morgan fingerprint density at radius 2 is 0.513 bits per heavy atom. The fourth-order valence-electron chi connectivity index (χ4n) is 10.3. The Morgan fingerprint density at radius 1 is 0.333 bits per heavy atom. The molecule has 0 aliphatic carbocycles. The van der Waals surface area contributed by atoms with Crippen molar-refractivity contribution < 1.29 is 71.5 Å². The third-order valence-electron chi connectivity index (χ3n) is 14.9. The summed E-state index contributed by atoms with van der Waals surface area (Å²) in [5, 5.41) is 11.5. The van der Waals surface area contributed by atoms with Gasteiger partial charge in [-0.15, -0.1) is 136 Å². The van der Waals surface area contributed by atoms with Gasteiger partial charge in [0.15, 0.2) is 0 Å². The van der Waals surface area contributed by atoms with Gasteiger partial charge in [-0.3, -0.25) is 0 Å². The molecule has 0 atom stereocenters. The van der Waals surface area contributed by atoms with Crippen LogP contribution >= 0.6 is 0 Å². The number of hydrogen-bond acceptors (Lipinski definition) is 0. The first-order chi connectivity index (χ1) is 36.0. The van der Waals surface area contributed by atoms with Crippen LogP contribution in [0.1, 0.15) is 225 Å². The third kappa shape index (κ3) is 23.4. The van der Waals surface area contributed by atoms with Gasteiger partial charge in [0.05, 0.1) is 0 Å². The number of fused-ring (bicyclic) bond motifs is 4. The molecule has 0 fully saturated rings. The van der Waals surface area contributed by atoms with Crippen molar-refractivity contribution in [2.75, 3.05) is 0 Å². The van der Waals surface area contributed by atoms with E-state index in [4.69, 9.17) is 0 Å². The standard InChI is InChI=1S/4C14H17.2C8H18Si.2ClH.2Zr/c4*1-9(2)12-6-5-11(4)13-7-10(3)8-14(12)13;2*1-3-5-7-9-8-6-4-2;;;;/h4*5-9H,1-4H3;2*3-8H2,1-2H3;2*1H;;/q4*-1;;;;;2*+2/p-2. The maximum absolute atomic E-state index is 2.30. The van der Waals surface area contributed by atoms with Crippen molar-refractivity contribution in [1.29, 1.82) is 0 Å². The van der Waals surface area contributed by atoms with Gasteiger partial charge in [0.2, 0.25) is 0 Å². The molecule has 8 aromatic carbocycles. The molecular formula is C72H104Cl2Si2Zr2-2. The van der Waals surface area contributed by atoms with Gasteiger partial charge in [0, 0.05) is 0 Å². The predicted octanol–water partition coefficient (Wildman–Crippen LogP) is 17.5. The summed E-state index contributed by atoms with van der Waals surface area (Å²) < 4.78 is 0. The van der Waals surface area contributed by atoms with E-state index in [1.807, 2.05) is 46.7 Å². The number of halogens is 2. The number of unbranched alkanes of at least 4 members (excludes halogenated alkanes) is 4. The van der Waals surface area contributed by atoms with Crippen LogP contribution in [0.25, 0.3) is 43.1 Å². The molecule has 0 spiro atoms. The molecule has 0 radical (unpaired) electrons. The topological polar surface area (TPSA) is 0 Å². The molecule has 0 N–H and O–H groups in total. The van der Waals surface area contributed by atoms with Crippen LogP contribution in [0.15, 0.2) is 97.1 Å². The van der Waals surface area contributed by atoms with Crippen LogP contribution in [-0.4, -0.2) is 10.9 Å². The molecule has 0 aliphatic rings. The molecule has 78 heavy (non-hydrogen) atoms. The number of aryl methyl sites for hydroxylation is 8. The summed E-state index contributed by atoms with van der Waals surface area (Å²) in [4.78, 5) is 0. The van der Waals surface area contributed by atoms with Gasteiger partial charge < -0.3 is 24.8 Å². The molecule has 0 aromatic heterocycles. The first-order valence-corrected chi connectivity index (χ1v) is 41.0. The molecule has 424 valence electrons. The van der Waals surface area contributed by atoms with Crippen LogP contribution < -0.4 is 24.8 Å². The number of rotatable bonds is 16. The predicted molar refractivity (Wildman–Crippen MR) is 343 cm³/mol. The van der Waals surface area contributed by atoms with E-state index in [9.17, 15) is 0 Å². The monoisotopic (exact) mass is 1270 g/mol. The van der Waals surface area contributed by atoms with Gasteiger partial charge in [0.1, 0.15) is 0 Å². The van der Waals surface area contributed by atoms with Gasteiger partial charge in [-0.2, -0.15) is 24.3 Å². The van der Waals surface area contributed by atoms with Crippen molar-refractivity contribution >= 4 is 54.0 Å². The molecule has 0 amide bonds. The molecule has 0 bridgehead atoms. The average molecular weight is 1280 g/mol. The molecule has 0 nitrogen and oxygen atoms in total. The molecule has 0 saturated heterocycles. The summed E-state index contributed by atoms with van der Waals surface area (Å²) in [6, 6.07) is 42.7. The molecular weight excluding hydrogens is 1170 g/mol. The minimum absolute atomic E-state index is 0. The molecule has 8 rings (SSSR count). The van der Waals surface area contributed by atoms with Crippen LogP contribution in [-0.2, 0) is 46.7 Å². The Bertz CT molecular complexity index is 2610. The second-order valence-electron chi connectivity index (χ2n) is 23.6. The number of benzene rings is 4. The van der Waals surface area contributed by atoms with Crippen molar-refractivity contribution in [3.63, 3.8) is 0 Å². The summed E-state index contributed by atoms with van der Waals surface area (Å²) in [6.45, 7) is 44.7. The smallest absolute Gasteiger partial charge is 0.0308 e. The Balaban J connectivity index is 0.000000469. The molecule has 0 saturated carbocycles.